The van der Waals surface area contributed by atoms with Crippen molar-refractivity contribution in [1.29, 1.82) is 0 Å². The standard InChI is InChI=1S/C24H28N4O2/c1-18(19-11-5-3-6-12-19)27(2)22(29)17-28-16-10-9-15-21(28)24-25-23(26-30-24)20-13-7-4-8-14-20/h3-8,11-14,18,21H,9-10,15-17H2,1-2H3/t18-,21-/m1/s1. The highest BCUT2D eigenvalue weighted by Crippen LogP contribution is 2.31. The van der Waals surface area contributed by atoms with Crippen molar-refractivity contribution in [1.82, 2.24) is 19.9 Å². The molecule has 156 valence electrons. The number of likely N-dealkylation sites (N-methyl/N-ethyl adjacent to an activating group) is 1. The zero-order chi connectivity index (χ0) is 20.9. The van der Waals surface area contributed by atoms with E-state index in [0.717, 1.165) is 36.9 Å². The van der Waals surface area contributed by atoms with E-state index in [1.807, 2.05) is 60.5 Å². The number of benzene rings is 2. The van der Waals surface area contributed by atoms with Gasteiger partial charge in [0.25, 0.3) is 0 Å². The molecule has 0 spiro atoms. The summed E-state index contributed by atoms with van der Waals surface area (Å²) >= 11 is 0. The first-order valence-electron chi connectivity index (χ1n) is 10.6. The van der Waals surface area contributed by atoms with E-state index in [1.165, 1.54) is 0 Å². The van der Waals surface area contributed by atoms with E-state index < -0.39 is 0 Å². The highest BCUT2D eigenvalue weighted by Gasteiger charge is 2.31. The molecule has 30 heavy (non-hydrogen) atoms. The smallest absolute Gasteiger partial charge is 0.244 e. The summed E-state index contributed by atoms with van der Waals surface area (Å²) in [6.45, 7) is 3.26. The highest BCUT2D eigenvalue weighted by atomic mass is 16.5. The van der Waals surface area contributed by atoms with Gasteiger partial charge in [0, 0.05) is 12.6 Å². The van der Waals surface area contributed by atoms with E-state index in [2.05, 4.69) is 34.1 Å². The van der Waals surface area contributed by atoms with E-state index in [4.69, 9.17) is 4.52 Å². The molecule has 0 bridgehead atoms. The summed E-state index contributed by atoms with van der Waals surface area (Å²) in [6, 6.07) is 19.9. The Labute approximate surface area is 177 Å². The maximum absolute atomic E-state index is 13.0. The third-order valence-corrected chi connectivity index (χ3v) is 5.97. The van der Waals surface area contributed by atoms with Crippen LogP contribution in [0.2, 0.25) is 0 Å². The number of likely N-dealkylation sites (tertiary alicyclic amines) is 1. The average Bonchev–Trinajstić information content (AvgIpc) is 3.30. The fourth-order valence-electron chi connectivity index (χ4n) is 3.99. The fourth-order valence-corrected chi connectivity index (χ4v) is 3.99. The summed E-state index contributed by atoms with van der Waals surface area (Å²) in [4.78, 5) is 21.7. The summed E-state index contributed by atoms with van der Waals surface area (Å²) in [7, 11) is 1.87. The van der Waals surface area contributed by atoms with Gasteiger partial charge in [-0.15, -0.1) is 0 Å². The second-order valence-electron chi connectivity index (χ2n) is 7.90. The predicted molar refractivity (Wildman–Crippen MR) is 116 cm³/mol. The first-order valence-corrected chi connectivity index (χ1v) is 10.6. The molecule has 0 radical (unpaired) electrons. The third-order valence-electron chi connectivity index (χ3n) is 5.97. The minimum Gasteiger partial charge on any atom is -0.338 e. The Balaban J connectivity index is 1.46. The molecule has 1 amide bonds. The van der Waals surface area contributed by atoms with Crippen LogP contribution in [0.4, 0.5) is 0 Å². The molecule has 1 aromatic heterocycles. The largest absolute Gasteiger partial charge is 0.338 e. The number of hydrogen-bond acceptors (Lipinski definition) is 5. The van der Waals surface area contributed by atoms with Gasteiger partial charge in [0.15, 0.2) is 0 Å². The second kappa shape index (κ2) is 9.22. The van der Waals surface area contributed by atoms with Gasteiger partial charge in [-0.1, -0.05) is 72.2 Å². The van der Waals surface area contributed by atoms with Crippen molar-refractivity contribution in [3.8, 4) is 11.4 Å². The predicted octanol–water partition coefficient (Wildman–Crippen LogP) is 4.48. The van der Waals surface area contributed by atoms with E-state index >= 15 is 0 Å². The van der Waals surface area contributed by atoms with Crippen molar-refractivity contribution in [2.75, 3.05) is 20.1 Å². The van der Waals surface area contributed by atoms with Crippen LogP contribution in [0.5, 0.6) is 0 Å². The molecule has 2 heterocycles. The normalized spacial score (nSPS) is 18.1. The molecule has 6 nitrogen and oxygen atoms in total. The maximum atomic E-state index is 13.0. The molecule has 0 aliphatic carbocycles. The number of aromatic nitrogens is 2. The van der Waals surface area contributed by atoms with Crippen molar-refractivity contribution < 1.29 is 9.32 Å². The van der Waals surface area contributed by atoms with Gasteiger partial charge in [-0.05, 0) is 31.9 Å². The number of hydrogen-bond donors (Lipinski definition) is 0. The van der Waals surface area contributed by atoms with Crippen LogP contribution in [0.25, 0.3) is 11.4 Å². The summed E-state index contributed by atoms with van der Waals surface area (Å²) in [5.74, 6) is 1.29. The third kappa shape index (κ3) is 4.44. The van der Waals surface area contributed by atoms with Crippen LogP contribution >= 0.6 is 0 Å². The van der Waals surface area contributed by atoms with Crippen LogP contribution in [-0.4, -0.2) is 46.0 Å². The molecular formula is C24H28N4O2. The molecule has 1 aliphatic heterocycles. The van der Waals surface area contributed by atoms with E-state index in [0.29, 0.717) is 18.3 Å². The number of amides is 1. The molecule has 1 saturated heterocycles. The summed E-state index contributed by atoms with van der Waals surface area (Å²) in [5, 5.41) is 4.17. The molecule has 3 aromatic rings. The zero-order valence-electron chi connectivity index (χ0n) is 17.6. The van der Waals surface area contributed by atoms with Gasteiger partial charge in [0.2, 0.25) is 17.6 Å². The number of rotatable bonds is 6. The number of carbonyl (C=O) groups is 1. The van der Waals surface area contributed by atoms with Gasteiger partial charge in [-0.2, -0.15) is 4.98 Å². The molecule has 0 N–H and O–H groups in total. The molecule has 2 atom stereocenters. The van der Waals surface area contributed by atoms with Gasteiger partial charge in [0.1, 0.15) is 0 Å². The number of nitrogens with zero attached hydrogens (tertiary/aromatic N) is 4. The van der Waals surface area contributed by atoms with Crippen LogP contribution in [0.3, 0.4) is 0 Å². The Morgan fingerprint density at radius 2 is 1.83 bits per heavy atom. The van der Waals surface area contributed by atoms with Crippen molar-refractivity contribution >= 4 is 5.91 Å². The fraction of sp³-hybridized carbons (Fsp3) is 0.375. The van der Waals surface area contributed by atoms with Gasteiger partial charge in [-0.3, -0.25) is 9.69 Å². The SMILES string of the molecule is C[C@H](c1ccccc1)N(C)C(=O)CN1CCCC[C@@H]1c1nc(-c2ccccc2)no1. The van der Waals surface area contributed by atoms with Gasteiger partial charge < -0.3 is 9.42 Å². The highest BCUT2D eigenvalue weighted by molar-refractivity contribution is 5.78. The van der Waals surface area contributed by atoms with Crippen molar-refractivity contribution in [2.45, 2.75) is 38.3 Å². The minimum atomic E-state index is -0.0203. The van der Waals surface area contributed by atoms with Crippen molar-refractivity contribution in [3.63, 3.8) is 0 Å². The van der Waals surface area contributed by atoms with E-state index in [9.17, 15) is 4.79 Å². The minimum absolute atomic E-state index is 0.0203. The Morgan fingerprint density at radius 1 is 1.13 bits per heavy atom. The van der Waals surface area contributed by atoms with Crippen LogP contribution in [0.15, 0.2) is 65.2 Å². The number of piperidine rings is 1. The molecule has 1 fully saturated rings. The lowest BCUT2D eigenvalue weighted by atomic mass is 10.0. The average molecular weight is 405 g/mol. The van der Waals surface area contributed by atoms with Crippen molar-refractivity contribution in [2.24, 2.45) is 0 Å². The van der Waals surface area contributed by atoms with Crippen LogP contribution in [-0.2, 0) is 4.79 Å². The van der Waals surface area contributed by atoms with E-state index in [1.54, 1.807) is 0 Å². The maximum Gasteiger partial charge on any atom is 0.244 e. The van der Waals surface area contributed by atoms with E-state index in [-0.39, 0.29) is 18.0 Å². The summed E-state index contributed by atoms with van der Waals surface area (Å²) in [5.41, 5.74) is 2.07. The molecule has 4 rings (SSSR count). The zero-order valence-corrected chi connectivity index (χ0v) is 17.6. The second-order valence-corrected chi connectivity index (χ2v) is 7.90. The van der Waals surface area contributed by atoms with Crippen molar-refractivity contribution in [3.05, 3.63) is 72.1 Å². The summed E-state index contributed by atoms with van der Waals surface area (Å²) in [6.07, 6.45) is 3.08. The lowest BCUT2D eigenvalue weighted by molar-refractivity contribution is -0.134. The van der Waals surface area contributed by atoms with Gasteiger partial charge in [-0.25, -0.2) is 0 Å². The van der Waals surface area contributed by atoms with Crippen LogP contribution < -0.4 is 0 Å². The Hall–Kier alpha value is -2.99. The van der Waals surface area contributed by atoms with Gasteiger partial charge >= 0.3 is 0 Å². The topological polar surface area (TPSA) is 62.5 Å². The first kappa shape index (κ1) is 20.3. The monoisotopic (exact) mass is 404 g/mol. The van der Waals surface area contributed by atoms with Crippen LogP contribution in [0.1, 0.15) is 49.7 Å². The molecule has 6 heteroatoms. The number of carbonyl (C=O) groups excluding carboxylic acids is 1. The first-order chi connectivity index (χ1) is 14.6. The molecule has 1 aliphatic rings. The van der Waals surface area contributed by atoms with Gasteiger partial charge in [0.05, 0.1) is 18.6 Å². The molecular weight excluding hydrogens is 376 g/mol. The molecule has 2 aromatic carbocycles. The summed E-state index contributed by atoms with van der Waals surface area (Å²) < 4.78 is 5.62. The Morgan fingerprint density at radius 3 is 2.57 bits per heavy atom. The lowest BCUT2D eigenvalue weighted by Crippen LogP contribution is -2.43. The lowest BCUT2D eigenvalue weighted by Gasteiger charge is -2.35. The van der Waals surface area contributed by atoms with Crippen LogP contribution in [0, 0.1) is 0 Å². The Bertz CT molecular complexity index is 958. The molecule has 0 saturated carbocycles. The molecule has 0 unspecified atom stereocenters. The Kier molecular flexibility index (Phi) is 6.23. The quantitative estimate of drug-likeness (QED) is 0.606.